The van der Waals surface area contributed by atoms with Gasteiger partial charge in [-0.25, -0.2) is 4.99 Å². The molecule has 1 aliphatic heterocycles. The third kappa shape index (κ3) is 1.18. The van der Waals surface area contributed by atoms with Gasteiger partial charge in [0.1, 0.15) is 5.71 Å². The van der Waals surface area contributed by atoms with E-state index < -0.39 is 5.91 Å². The third-order valence-electron chi connectivity index (χ3n) is 1.80. The second kappa shape index (κ2) is 2.86. The van der Waals surface area contributed by atoms with Crippen molar-refractivity contribution >= 4 is 11.6 Å². The molecule has 0 spiro atoms. The Balaban J connectivity index is 2.74. The van der Waals surface area contributed by atoms with E-state index >= 15 is 0 Å². The Kier molecular flexibility index (Phi) is 2.08. The summed E-state index contributed by atoms with van der Waals surface area (Å²) >= 11 is 0. The van der Waals surface area contributed by atoms with Crippen molar-refractivity contribution < 1.29 is 4.79 Å². The largest absolute Gasteiger partial charge is 0.364 e. The van der Waals surface area contributed by atoms with Crippen LogP contribution in [0.25, 0.3) is 0 Å². The number of nitrogens with two attached hydrogens (primary N) is 1. The first kappa shape index (κ1) is 7.98. The number of primary amides is 1. The highest BCUT2D eigenvalue weighted by atomic mass is 16.1. The van der Waals surface area contributed by atoms with Gasteiger partial charge in [0.05, 0.1) is 0 Å². The van der Waals surface area contributed by atoms with Crippen molar-refractivity contribution in [3.63, 3.8) is 0 Å². The van der Waals surface area contributed by atoms with Gasteiger partial charge in [-0.15, -0.1) is 0 Å². The molecule has 1 amide bonds. The van der Waals surface area contributed by atoms with Crippen molar-refractivity contribution in [3.05, 3.63) is 11.3 Å². The van der Waals surface area contributed by atoms with Gasteiger partial charge in [0.25, 0.3) is 5.91 Å². The van der Waals surface area contributed by atoms with Crippen LogP contribution in [-0.2, 0) is 4.79 Å². The summed E-state index contributed by atoms with van der Waals surface area (Å²) in [7, 11) is 0. The lowest BCUT2D eigenvalue weighted by molar-refractivity contribution is -0.112. The lowest BCUT2D eigenvalue weighted by atomic mass is 9.98. The number of amides is 1. The second-order valence-corrected chi connectivity index (χ2v) is 2.46. The molecule has 0 bridgehead atoms. The molecule has 1 heterocycles. The average Bonchev–Trinajstić information content (AvgIpc) is 1.86. The van der Waals surface area contributed by atoms with Crippen LogP contribution in [-0.4, -0.2) is 11.6 Å². The van der Waals surface area contributed by atoms with Crippen molar-refractivity contribution in [1.29, 1.82) is 0 Å². The molecule has 2 N–H and O–H groups in total. The highest BCUT2D eigenvalue weighted by Gasteiger charge is 2.23. The van der Waals surface area contributed by atoms with Crippen LogP contribution < -0.4 is 5.73 Å². The van der Waals surface area contributed by atoms with E-state index in [1.807, 2.05) is 13.8 Å². The molecular weight excluding hydrogens is 140 g/mol. The SMILES string of the molecule is CCC1=C(CC)C(C(N)=O)=N1. The number of carbonyl (C=O) groups is 1. The highest BCUT2D eigenvalue weighted by molar-refractivity contribution is 6.47. The van der Waals surface area contributed by atoms with Gasteiger partial charge in [0, 0.05) is 11.3 Å². The molecule has 0 saturated carbocycles. The first-order chi connectivity index (χ1) is 5.20. The number of carbonyl (C=O) groups excluding carboxylic acids is 1. The van der Waals surface area contributed by atoms with E-state index in [1.54, 1.807) is 0 Å². The van der Waals surface area contributed by atoms with Crippen molar-refractivity contribution in [2.24, 2.45) is 10.7 Å². The Hall–Kier alpha value is -1.12. The van der Waals surface area contributed by atoms with Crippen LogP contribution in [0.1, 0.15) is 26.7 Å². The topological polar surface area (TPSA) is 55.5 Å². The summed E-state index contributed by atoms with van der Waals surface area (Å²) in [6.45, 7) is 4.02. The number of rotatable bonds is 3. The van der Waals surface area contributed by atoms with Crippen LogP contribution in [0.3, 0.4) is 0 Å². The van der Waals surface area contributed by atoms with Gasteiger partial charge in [-0.1, -0.05) is 13.8 Å². The molecule has 0 aromatic rings. The molecule has 0 saturated heterocycles. The zero-order valence-electron chi connectivity index (χ0n) is 6.85. The monoisotopic (exact) mass is 152 g/mol. The Morgan fingerprint density at radius 2 is 2.09 bits per heavy atom. The van der Waals surface area contributed by atoms with E-state index in [2.05, 4.69) is 4.99 Å². The van der Waals surface area contributed by atoms with Crippen LogP contribution >= 0.6 is 0 Å². The van der Waals surface area contributed by atoms with E-state index in [-0.39, 0.29) is 0 Å². The molecule has 0 radical (unpaired) electrons. The minimum Gasteiger partial charge on any atom is -0.364 e. The summed E-state index contributed by atoms with van der Waals surface area (Å²) in [4.78, 5) is 14.7. The Labute approximate surface area is 66.0 Å². The predicted molar refractivity (Wildman–Crippen MR) is 44.2 cm³/mol. The normalized spacial score (nSPS) is 16.0. The highest BCUT2D eigenvalue weighted by Crippen LogP contribution is 2.24. The summed E-state index contributed by atoms with van der Waals surface area (Å²) in [5, 5.41) is 0. The number of nitrogens with zero attached hydrogens (tertiary/aromatic N) is 1. The number of hydrogen-bond acceptors (Lipinski definition) is 2. The van der Waals surface area contributed by atoms with Crippen LogP contribution in [0.4, 0.5) is 0 Å². The van der Waals surface area contributed by atoms with Crippen molar-refractivity contribution in [2.45, 2.75) is 26.7 Å². The van der Waals surface area contributed by atoms with Gasteiger partial charge >= 0.3 is 0 Å². The molecule has 1 aliphatic rings. The van der Waals surface area contributed by atoms with Crippen molar-refractivity contribution in [1.82, 2.24) is 0 Å². The minimum atomic E-state index is -0.404. The van der Waals surface area contributed by atoms with E-state index in [1.165, 1.54) is 0 Å². The van der Waals surface area contributed by atoms with E-state index in [9.17, 15) is 4.79 Å². The maximum absolute atomic E-state index is 10.7. The Bertz CT molecular complexity index is 251. The number of allylic oxidation sites excluding steroid dienone is 1. The molecule has 3 heteroatoms. The third-order valence-corrected chi connectivity index (χ3v) is 1.80. The number of hydrogen-bond donors (Lipinski definition) is 1. The fraction of sp³-hybridized carbons (Fsp3) is 0.500. The molecule has 0 aromatic carbocycles. The maximum Gasteiger partial charge on any atom is 0.267 e. The van der Waals surface area contributed by atoms with Crippen LogP contribution in [0, 0.1) is 0 Å². The lowest BCUT2D eigenvalue weighted by Gasteiger charge is -2.18. The molecule has 11 heavy (non-hydrogen) atoms. The summed E-state index contributed by atoms with van der Waals surface area (Å²) in [6.07, 6.45) is 1.74. The van der Waals surface area contributed by atoms with E-state index in [0.717, 1.165) is 24.1 Å². The van der Waals surface area contributed by atoms with Crippen LogP contribution in [0.2, 0.25) is 0 Å². The molecule has 0 unspecified atom stereocenters. The van der Waals surface area contributed by atoms with Gasteiger partial charge in [-0.05, 0) is 12.8 Å². The van der Waals surface area contributed by atoms with E-state index in [4.69, 9.17) is 5.73 Å². The summed E-state index contributed by atoms with van der Waals surface area (Å²) in [6, 6.07) is 0. The van der Waals surface area contributed by atoms with Gasteiger partial charge in [0.2, 0.25) is 0 Å². The Morgan fingerprint density at radius 3 is 2.45 bits per heavy atom. The van der Waals surface area contributed by atoms with Crippen molar-refractivity contribution in [2.75, 3.05) is 0 Å². The summed E-state index contributed by atoms with van der Waals surface area (Å²) < 4.78 is 0. The predicted octanol–water partition coefficient (Wildman–Crippen LogP) is 1.00. The molecule has 0 fully saturated rings. The maximum atomic E-state index is 10.7. The van der Waals surface area contributed by atoms with E-state index in [0.29, 0.717) is 5.71 Å². The molecule has 60 valence electrons. The molecule has 0 aromatic heterocycles. The molecule has 0 atom stereocenters. The molecule has 0 aliphatic carbocycles. The first-order valence-corrected chi connectivity index (χ1v) is 3.81. The molecule has 1 rings (SSSR count). The summed E-state index contributed by atoms with van der Waals surface area (Å²) in [5.41, 5.74) is 7.62. The first-order valence-electron chi connectivity index (χ1n) is 3.81. The zero-order chi connectivity index (χ0) is 8.43. The van der Waals surface area contributed by atoms with Gasteiger partial charge in [-0.2, -0.15) is 0 Å². The second-order valence-electron chi connectivity index (χ2n) is 2.46. The van der Waals surface area contributed by atoms with Gasteiger partial charge in [-0.3, -0.25) is 4.79 Å². The number of aliphatic imine (C=N–C) groups is 1. The standard InChI is InChI=1S/C8H12N2O/c1-3-5-6(4-2)10-7(5)8(9)11/h3-4H2,1-2H3,(H2,9,11). The Morgan fingerprint density at radius 1 is 1.45 bits per heavy atom. The fourth-order valence-corrected chi connectivity index (χ4v) is 1.22. The molecular formula is C8H12N2O. The average molecular weight is 152 g/mol. The van der Waals surface area contributed by atoms with Crippen LogP contribution in [0.15, 0.2) is 16.3 Å². The summed E-state index contributed by atoms with van der Waals surface area (Å²) in [5.74, 6) is -0.404. The minimum absolute atomic E-state index is 0.404. The van der Waals surface area contributed by atoms with Crippen LogP contribution in [0.5, 0.6) is 0 Å². The van der Waals surface area contributed by atoms with Crippen molar-refractivity contribution in [3.8, 4) is 0 Å². The molecule has 3 nitrogen and oxygen atoms in total. The quantitative estimate of drug-likeness (QED) is 0.644. The fourth-order valence-electron chi connectivity index (χ4n) is 1.22. The smallest absolute Gasteiger partial charge is 0.267 e. The van der Waals surface area contributed by atoms with Gasteiger partial charge in [0.15, 0.2) is 0 Å². The van der Waals surface area contributed by atoms with Gasteiger partial charge < -0.3 is 5.73 Å². The lowest BCUT2D eigenvalue weighted by Crippen LogP contribution is -2.30. The zero-order valence-corrected chi connectivity index (χ0v) is 6.85.